The number of anilines is 1. The average Bonchev–Trinajstić information content (AvgIpc) is 2.30. The van der Waals surface area contributed by atoms with E-state index in [1.165, 1.54) is 6.07 Å². The van der Waals surface area contributed by atoms with Gasteiger partial charge < -0.3 is 9.84 Å². The number of phenols is 1. The summed E-state index contributed by atoms with van der Waals surface area (Å²) in [6, 6.07) is 3.52. The number of sulfonamides is 1. The number of phenolic OH excluding ortho intramolecular Hbond substituents is 1. The molecule has 1 rings (SSSR count). The number of hydrogen-bond donors (Lipinski definition) is 2. The van der Waals surface area contributed by atoms with Crippen LogP contribution in [0, 0.1) is 10.1 Å². The third-order valence-corrected chi connectivity index (χ3v) is 3.50. The summed E-state index contributed by atoms with van der Waals surface area (Å²) in [5, 5.41) is 20.4. The summed E-state index contributed by atoms with van der Waals surface area (Å²) >= 11 is 0. The van der Waals surface area contributed by atoms with Gasteiger partial charge in [-0.3, -0.25) is 14.8 Å². The lowest BCUT2D eigenvalue weighted by atomic mass is 10.2. The van der Waals surface area contributed by atoms with E-state index in [1.54, 1.807) is 13.8 Å². The van der Waals surface area contributed by atoms with Crippen LogP contribution in [-0.2, 0) is 14.8 Å². The highest BCUT2D eigenvalue weighted by Gasteiger charge is 2.22. The molecule has 0 aliphatic rings. The minimum absolute atomic E-state index is 0.0472. The largest absolute Gasteiger partial charge is 0.505 e. The molecule has 0 fully saturated rings. The van der Waals surface area contributed by atoms with Crippen molar-refractivity contribution in [1.82, 2.24) is 0 Å². The Bertz CT molecular complexity index is 585. The van der Waals surface area contributed by atoms with Crippen molar-refractivity contribution in [3.63, 3.8) is 0 Å². The summed E-state index contributed by atoms with van der Waals surface area (Å²) < 4.78 is 30.7. The molecule has 0 unspecified atom stereocenters. The highest BCUT2D eigenvalue weighted by molar-refractivity contribution is 7.92. The van der Waals surface area contributed by atoms with Crippen LogP contribution in [0.1, 0.15) is 13.8 Å². The van der Waals surface area contributed by atoms with E-state index in [2.05, 4.69) is 0 Å². The monoisotopic (exact) mass is 304 g/mol. The maximum atomic E-state index is 11.8. The highest BCUT2D eigenvalue weighted by atomic mass is 32.2. The Morgan fingerprint density at radius 2 is 2.10 bits per heavy atom. The number of nitro benzene ring substituents is 1. The second kappa shape index (κ2) is 6.53. The molecule has 0 aromatic heterocycles. The lowest BCUT2D eigenvalue weighted by Crippen LogP contribution is -2.22. The maximum Gasteiger partial charge on any atom is 0.297 e. The van der Waals surface area contributed by atoms with Gasteiger partial charge in [0.15, 0.2) is 5.69 Å². The molecule has 20 heavy (non-hydrogen) atoms. The van der Waals surface area contributed by atoms with Gasteiger partial charge >= 0.3 is 0 Å². The van der Waals surface area contributed by atoms with Gasteiger partial charge in [-0.15, -0.1) is 0 Å². The first kappa shape index (κ1) is 16.2. The molecule has 0 aliphatic carbocycles. The number of nitro groups is 1. The van der Waals surface area contributed by atoms with E-state index in [9.17, 15) is 23.6 Å². The second-order valence-electron chi connectivity index (χ2n) is 4.27. The van der Waals surface area contributed by atoms with Crippen LogP contribution in [0.5, 0.6) is 5.75 Å². The number of hydrogen-bond acceptors (Lipinski definition) is 6. The zero-order valence-electron chi connectivity index (χ0n) is 11.1. The first-order chi connectivity index (χ1) is 9.23. The van der Waals surface area contributed by atoms with Crippen molar-refractivity contribution in [2.75, 3.05) is 17.1 Å². The predicted molar refractivity (Wildman–Crippen MR) is 73.3 cm³/mol. The van der Waals surface area contributed by atoms with Gasteiger partial charge in [0.25, 0.3) is 5.69 Å². The van der Waals surface area contributed by atoms with E-state index in [1.807, 2.05) is 4.72 Å². The van der Waals surface area contributed by atoms with E-state index >= 15 is 0 Å². The summed E-state index contributed by atoms with van der Waals surface area (Å²) in [6.45, 7) is 3.47. The molecule has 0 saturated carbocycles. The first-order valence-electron chi connectivity index (χ1n) is 5.81. The van der Waals surface area contributed by atoms with Gasteiger partial charge in [0, 0.05) is 6.07 Å². The van der Waals surface area contributed by atoms with E-state index in [-0.39, 0.29) is 18.5 Å². The summed E-state index contributed by atoms with van der Waals surface area (Å²) in [6.07, 6.45) is -0.121. The summed E-state index contributed by atoms with van der Waals surface area (Å²) in [4.78, 5) is 10.0. The molecule has 2 N–H and O–H groups in total. The topological polar surface area (TPSA) is 119 Å². The predicted octanol–water partition coefficient (Wildman–Crippen LogP) is 1.47. The zero-order valence-corrected chi connectivity index (χ0v) is 11.9. The van der Waals surface area contributed by atoms with Crippen LogP contribution in [0.25, 0.3) is 0 Å². The molecule has 0 amide bonds. The molecule has 8 nitrogen and oxygen atoms in total. The van der Waals surface area contributed by atoms with Gasteiger partial charge in [-0.1, -0.05) is 6.07 Å². The van der Waals surface area contributed by atoms with Gasteiger partial charge in [0.2, 0.25) is 10.0 Å². The molecule has 0 heterocycles. The minimum atomic E-state index is -3.85. The van der Waals surface area contributed by atoms with E-state index < -0.39 is 32.1 Å². The van der Waals surface area contributed by atoms with E-state index in [0.29, 0.717) is 0 Å². The van der Waals surface area contributed by atoms with Crippen LogP contribution in [0.15, 0.2) is 18.2 Å². The van der Waals surface area contributed by atoms with Gasteiger partial charge in [0.05, 0.1) is 23.4 Å². The average molecular weight is 304 g/mol. The van der Waals surface area contributed by atoms with Crippen LogP contribution < -0.4 is 4.72 Å². The molecular weight excluding hydrogens is 288 g/mol. The van der Waals surface area contributed by atoms with Gasteiger partial charge in [-0.25, -0.2) is 8.42 Å². The number of aromatic hydroxyl groups is 1. The Hall–Kier alpha value is -1.87. The molecular formula is C11H16N2O6S. The Morgan fingerprint density at radius 1 is 1.45 bits per heavy atom. The van der Waals surface area contributed by atoms with E-state index in [0.717, 1.165) is 12.1 Å². The number of para-hydroxylation sites is 1. The van der Waals surface area contributed by atoms with Crippen LogP contribution in [0.4, 0.5) is 11.4 Å². The lowest BCUT2D eigenvalue weighted by molar-refractivity contribution is -0.383. The molecule has 0 radical (unpaired) electrons. The Morgan fingerprint density at radius 3 is 2.65 bits per heavy atom. The summed E-state index contributed by atoms with van der Waals surface area (Å²) in [7, 11) is -3.85. The lowest BCUT2D eigenvalue weighted by Gasteiger charge is -2.11. The number of nitrogens with zero attached hydrogens (tertiary/aromatic N) is 1. The molecule has 1 aromatic rings. The van der Waals surface area contributed by atoms with Crippen molar-refractivity contribution < 1.29 is 23.2 Å². The second-order valence-corrected chi connectivity index (χ2v) is 6.11. The van der Waals surface area contributed by atoms with Crippen molar-refractivity contribution in [2.45, 2.75) is 20.0 Å². The number of rotatable bonds is 7. The standard InChI is InChI=1S/C11H16N2O6S/c1-8(2)19-6-7-20(17,18)12-11-9(13(15)16)4-3-5-10(11)14/h3-5,8,12,14H,6-7H2,1-2H3. The molecule has 0 bridgehead atoms. The number of nitrogens with one attached hydrogen (secondary N) is 1. The third-order valence-electron chi connectivity index (χ3n) is 2.28. The molecule has 112 valence electrons. The molecule has 0 atom stereocenters. The molecule has 9 heteroatoms. The maximum absolute atomic E-state index is 11.8. The number of ether oxygens (including phenoxy) is 1. The quantitative estimate of drug-likeness (QED) is 0.447. The van der Waals surface area contributed by atoms with Crippen molar-refractivity contribution in [3.8, 4) is 5.75 Å². The van der Waals surface area contributed by atoms with Crippen LogP contribution in [-0.4, -0.2) is 36.9 Å². The van der Waals surface area contributed by atoms with Gasteiger partial charge in [-0.05, 0) is 19.9 Å². The van der Waals surface area contributed by atoms with E-state index in [4.69, 9.17) is 4.74 Å². The molecule has 0 aliphatic heterocycles. The summed E-state index contributed by atoms with van der Waals surface area (Å²) in [5.41, 5.74) is -0.958. The molecule has 0 saturated heterocycles. The fourth-order valence-corrected chi connectivity index (χ4v) is 2.32. The fourth-order valence-electron chi connectivity index (χ4n) is 1.39. The Labute approximate surface area is 116 Å². The SMILES string of the molecule is CC(C)OCCS(=O)(=O)Nc1c(O)cccc1[N+](=O)[O-]. The third kappa shape index (κ3) is 4.67. The van der Waals surface area contributed by atoms with Crippen molar-refractivity contribution >= 4 is 21.4 Å². The smallest absolute Gasteiger partial charge is 0.297 e. The van der Waals surface area contributed by atoms with Crippen LogP contribution >= 0.6 is 0 Å². The van der Waals surface area contributed by atoms with Gasteiger partial charge in [-0.2, -0.15) is 0 Å². The normalized spacial score (nSPS) is 11.6. The summed E-state index contributed by atoms with van der Waals surface area (Å²) in [5.74, 6) is -0.871. The van der Waals surface area contributed by atoms with Gasteiger partial charge in [0.1, 0.15) is 5.75 Å². The van der Waals surface area contributed by atoms with Crippen molar-refractivity contribution in [2.24, 2.45) is 0 Å². The minimum Gasteiger partial charge on any atom is -0.505 e. The highest BCUT2D eigenvalue weighted by Crippen LogP contribution is 2.33. The van der Waals surface area contributed by atoms with Crippen LogP contribution in [0.2, 0.25) is 0 Å². The molecule has 1 aromatic carbocycles. The molecule has 0 spiro atoms. The van der Waals surface area contributed by atoms with Crippen molar-refractivity contribution in [3.05, 3.63) is 28.3 Å². The fraction of sp³-hybridized carbons (Fsp3) is 0.455. The number of benzene rings is 1. The zero-order chi connectivity index (χ0) is 15.3. The first-order valence-corrected chi connectivity index (χ1v) is 7.46. The Kier molecular flexibility index (Phi) is 5.28. The Balaban J connectivity index is 2.89. The van der Waals surface area contributed by atoms with Crippen molar-refractivity contribution in [1.29, 1.82) is 0 Å². The van der Waals surface area contributed by atoms with Crippen LogP contribution in [0.3, 0.4) is 0 Å².